The van der Waals surface area contributed by atoms with E-state index < -0.39 is 12.1 Å². The van der Waals surface area contributed by atoms with Gasteiger partial charge in [0.25, 0.3) is 0 Å². The van der Waals surface area contributed by atoms with Crippen LogP contribution in [0.1, 0.15) is 84.5 Å². The van der Waals surface area contributed by atoms with Gasteiger partial charge in [-0.25, -0.2) is 9.59 Å². The molecule has 0 spiro atoms. The molecule has 0 rings (SSSR count). The monoisotopic (exact) mass is 287 g/mol. The van der Waals surface area contributed by atoms with E-state index in [-0.39, 0.29) is 0 Å². The van der Waals surface area contributed by atoms with E-state index in [1.54, 1.807) is 5.32 Å². The molecule has 0 aliphatic rings. The predicted octanol–water partition coefficient (Wildman–Crippen LogP) is 4.05. The molecule has 0 aromatic rings. The quantitative estimate of drug-likeness (QED) is 0.528. The standard InChI is InChI=1S/C13H28.C2H5N3O2/c1-3-5-7-9-11-13-12-10-8-6-4-2;3-1(6)5-2(4)7/h3-13H2,1-2H3;(H5,3,4,5,6,7). The number of hydrogen-bond acceptors (Lipinski definition) is 2. The van der Waals surface area contributed by atoms with Crippen LogP contribution in [0.3, 0.4) is 0 Å². The van der Waals surface area contributed by atoms with Crippen LogP contribution in [-0.4, -0.2) is 12.1 Å². The highest BCUT2D eigenvalue weighted by molar-refractivity contribution is 5.91. The normalized spacial score (nSPS) is 9.50. The molecule has 120 valence electrons. The lowest BCUT2D eigenvalue weighted by Gasteiger charge is -2.00. The number of nitrogens with two attached hydrogens (primary N) is 2. The second-order valence-electron chi connectivity index (χ2n) is 5.04. The van der Waals surface area contributed by atoms with E-state index in [1.807, 2.05) is 0 Å². The fourth-order valence-electron chi connectivity index (χ4n) is 1.86. The Labute approximate surface area is 123 Å². The minimum atomic E-state index is -0.938. The summed E-state index contributed by atoms with van der Waals surface area (Å²) in [6.45, 7) is 4.56. The SMILES string of the molecule is CCCCCCCCCCCCC.NC(=O)NC(N)=O. The third kappa shape index (κ3) is 25.6. The van der Waals surface area contributed by atoms with E-state index in [0.717, 1.165) is 0 Å². The molecule has 0 aromatic heterocycles. The maximum Gasteiger partial charge on any atom is 0.320 e. The summed E-state index contributed by atoms with van der Waals surface area (Å²) < 4.78 is 0. The summed E-state index contributed by atoms with van der Waals surface area (Å²) in [5.41, 5.74) is 8.88. The first-order valence-corrected chi connectivity index (χ1v) is 7.90. The van der Waals surface area contributed by atoms with Gasteiger partial charge in [-0.05, 0) is 0 Å². The van der Waals surface area contributed by atoms with Gasteiger partial charge in [-0.15, -0.1) is 0 Å². The zero-order chi connectivity index (χ0) is 15.6. The van der Waals surface area contributed by atoms with Crippen molar-refractivity contribution in [1.29, 1.82) is 0 Å². The van der Waals surface area contributed by atoms with Crippen LogP contribution in [0.5, 0.6) is 0 Å². The molecule has 0 atom stereocenters. The minimum absolute atomic E-state index is 0.937. The third-order valence-electron chi connectivity index (χ3n) is 2.95. The largest absolute Gasteiger partial charge is 0.351 e. The molecule has 5 nitrogen and oxygen atoms in total. The maximum absolute atomic E-state index is 9.62. The average molecular weight is 287 g/mol. The molecule has 5 heteroatoms. The van der Waals surface area contributed by atoms with E-state index in [9.17, 15) is 9.59 Å². The lowest BCUT2D eigenvalue weighted by molar-refractivity contribution is 0.236. The predicted molar refractivity (Wildman–Crippen MR) is 84.4 cm³/mol. The average Bonchev–Trinajstić information content (AvgIpc) is 2.36. The molecule has 0 bridgehead atoms. The molecule has 5 N–H and O–H groups in total. The molecule has 0 aromatic carbocycles. The molecule has 0 radical (unpaired) electrons. The molecule has 0 heterocycles. The van der Waals surface area contributed by atoms with Crippen LogP contribution in [0.15, 0.2) is 0 Å². The maximum atomic E-state index is 9.62. The van der Waals surface area contributed by atoms with Gasteiger partial charge in [-0.3, -0.25) is 5.32 Å². The Morgan fingerprint density at radius 1 is 0.650 bits per heavy atom. The lowest BCUT2D eigenvalue weighted by Crippen LogP contribution is -2.38. The van der Waals surface area contributed by atoms with Crippen LogP contribution < -0.4 is 16.8 Å². The summed E-state index contributed by atoms with van der Waals surface area (Å²) in [6, 6.07) is -1.88. The Morgan fingerprint density at radius 2 is 0.900 bits per heavy atom. The van der Waals surface area contributed by atoms with Gasteiger partial charge >= 0.3 is 12.1 Å². The Balaban J connectivity index is 0. The van der Waals surface area contributed by atoms with Crippen LogP contribution in [-0.2, 0) is 0 Å². The number of amides is 4. The molecule has 20 heavy (non-hydrogen) atoms. The van der Waals surface area contributed by atoms with Crippen LogP contribution in [0.2, 0.25) is 0 Å². The number of carbonyl (C=O) groups excluding carboxylic acids is 2. The molecular formula is C15H33N3O2. The minimum Gasteiger partial charge on any atom is -0.351 e. The third-order valence-corrected chi connectivity index (χ3v) is 2.95. The topological polar surface area (TPSA) is 98.2 Å². The number of carbonyl (C=O) groups is 2. The summed E-state index contributed by atoms with van der Waals surface area (Å²) in [7, 11) is 0. The van der Waals surface area contributed by atoms with Crippen molar-refractivity contribution in [1.82, 2.24) is 5.32 Å². The van der Waals surface area contributed by atoms with Crippen LogP contribution in [0, 0.1) is 0 Å². The number of primary amides is 2. The lowest BCUT2D eigenvalue weighted by atomic mass is 10.1. The zero-order valence-electron chi connectivity index (χ0n) is 13.2. The summed E-state index contributed by atoms with van der Waals surface area (Å²) in [4.78, 5) is 19.2. The zero-order valence-corrected chi connectivity index (χ0v) is 13.2. The van der Waals surface area contributed by atoms with Crippen molar-refractivity contribution in [3.63, 3.8) is 0 Å². The van der Waals surface area contributed by atoms with E-state index >= 15 is 0 Å². The first-order valence-electron chi connectivity index (χ1n) is 7.90. The van der Waals surface area contributed by atoms with Gasteiger partial charge in [0, 0.05) is 0 Å². The Hall–Kier alpha value is -1.26. The Kier molecular flexibility index (Phi) is 18.7. The summed E-state index contributed by atoms with van der Waals surface area (Å²) in [5.74, 6) is 0. The van der Waals surface area contributed by atoms with Gasteiger partial charge in [-0.1, -0.05) is 84.5 Å². The van der Waals surface area contributed by atoms with E-state index in [0.29, 0.717) is 0 Å². The molecular weight excluding hydrogens is 254 g/mol. The van der Waals surface area contributed by atoms with Gasteiger partial charge in [0.15, 0.2) is 0 Å². The molecule has 0 fully saturated rings. The molecule has 0 saturated carbocycles. The number of imide groups is 1. The fraction of sp³-hybridized carbons (Fsp3) is 0.867. The first kappa shape index (κ1) is 21.0. The Morgan fingerprint density at radius 3 is 1.05 bits per heavy atom. The van der Waals surface area contributed by atoms with E-state index in [1.165, 1.54) is 70.6 Å². The first-order chi connectivity index (χ1) is 9.54. The number of unbranched alkanes of at least 4 members (excludes halogenated alkanes) is 10. The second kappa shape index (κ2) is 17.7. The highest BCUT2D eigenvalue weighted by Gasteiger charge is 1.92. The molecule has 0 aliphatic carbocycles. The van der Waals surface area contributed by atoms with Crippen molar-refractivity contribution in [2.45, 2.75) is 84.5 Å². The van der Waals surface area contributed by atoms with Crippen LogP contribution >= 0.6 is 0 Å². The number of nitrogens with one attached hydrogen (secondary N) is 1. The van der Waals surface area contributed by atoms with Crippen LogP contribution in [0.25, 0.3) is 0 Å². The van der Waals surface area contributed by atoms with Crippen molar-refractivity contribution < 1.29 is 9.59 Å². The van der Waals surface area contributed by atoms with Crippen molar-refractivity contribution in [3.05, 3.63) is 0 Å². The van der Waals surface area contributed by atoms with Gasteiger partial charge in [-0.2, -0.15) is 0 Å². The molecule has 4 amide bonds. The molecule has 0 saturated heterocycles. The van der Waals surface area contributed by atoms with E-state index in [2.05, 4.69) is 25.3 Å². The van der Waals surface area contributed by atoms with Gasteiger partial charge in [0.05, 0.1) is 0 Å². The summed E-state index contributed by atoms with van der Waals surface area (Å²) in [5, 5.41) is 1.58. The van der Waals surface area contributed by atoms with Crippen molar-refractivity contribution >= 4 is 12.1 Å². The van der Waals surface area contributed by atoms with Crippen molar-refractivity contribution in [3.8, 4) is 0 Å². The number of rotatable bonds is 10. The number of hydrogen-bond donors (Lipinski definition) is 3. The molecule has 0 aliphatic heterocycles. The van der Waals surface area contributed by atoms with E-state index in [4.69, 9.17) is 0 Å². The highest BCUT2D eigenvalue weighted by Crippen LogP contribution is 2.10. The summed E-state index contributed by atoms with van der Waals surface area (Å²) >= 11 is 0. The summed E-state index contributed by atoms with van der Waals surface area (Å²) in [6.07, 6.45) is 15.9. The smallest absolute Gasteiger partial charge is 0.320 e. The van der Waals surface area contributed by atoms with Gasteiger partial charge in [0.2, 0.25) is 0 Å². The van der Waals surface area contributed by atoms with Crippen LogP contribution in [0.4, 0.5) is 9.59 Å². The van der Waals surface area contributed by atoms with Crippen molar-refractivity contribution in [2.75, 3.05) is 0 Å². The number of urea groups is 2. The highest BCUT2D eigenvalue weighted by atomic mass is 16.2. The molecule has 0 unspecified atom stereocenters. The Bertz CT molecular complexity index is 211. The van der Waals surface area contributed by atoms with Gasteiger partial charge < -0.3 is 11.5 Å². The fourth-order valence-corrected chi connectivity index (χ4v) is 1.86. The van der Waals surface area contributed by atoms with Crippen molar-refractivity contribution in [2.24, 2.45) is 11.5 Å². The second-order valence-corrected chi connectivity index (χ2v) is 5.04. The van der Waals surface area contributed by atoms with Gasteiger partial charge in [0.1, 0.15) is 0 Å².